The quantitative estimate of drug-likeness (QED) is 0.563. The molecule has 2 saturated carbocycles. The molecule has 1 unspecified atom stereocenters. The summed E-state index contributed by atoms with van der Waals surface area (Å²) in [6, 6.07) is 0. The monoisotopic (exact) mass is 141 g/mol. The summed E-state index contributed by atoms with van der Waals surface area (Å²) in [7, 11) is 0. The van der Waals surface area contributed by atoms with Crippen LogP contribution < -0.4 is 5.73 Å². The first-order valence-electron chi connectivity index (χ1n) is 4.15. The van der Waals surface area contributed by atoms with Crippen LogP contribution in [0.2, 0.25) is 0 Å². The molecule has 2 heteroatoms. The third-order valence-electron chi connectivity index (χ3n) is 3.65. The van der Waals surface area contributed by atoms with E-state index in [2.05, 4.69) is 0 Å². The predicted octanol–water partition coefficient (Wildman–Crippen LogP) is 0.640. The van der Waals surface area contributed by atoms with Gasteiger partial charge in [-0.15, -0.1) is 0 Å². The molecule has 0 aromatic carbocycles. The molecular weight excluding hydrogens is 126 g/mol. The lowest BCUT2D eigenvalue weighted by Gasteiger charge is -2.61. The van der Waals surface area contributed by atoms with Crippen LogP contribution in [-0.2, 0) is 0 Å². The van der Waals surface area contributed by atoms with Gasteiger partial charge in [-0.1, -0.05) is 6.42 Å². The normalized spacial score (nSPS) is 42.6. The minimum Gasteiger partial charge on any atom is -0.388 e. The van der Waals surface area contributed by atoms with Crippen molar-refractivity contribution in [1.29, 1.82) is 0 Å². The lowest BCUT2D eigenvalue weighted by atomic mass is 9.47. The van der Waals surface area contributed by atoms with E-state index in [1.165, 1.54) is 25.7 Å². The highest BCUT2D eigenvalue weighted by molar-refractivity contribution is 5.12. The van der Waals surface area contributed by atoms with Gasteiger partial charge in [-0.2, -0.15) is 0 Å². The Labute approximate surface area is 61.4 Å². The van der Waals surface area contributed by atoms with Crippen LogP contribution in [0.1, 0.15) is 32.1 Å². The first-order valence-corrected chi connectivity index (χ1v) is 4.15. The first-order chi connectivity index (χ1) is 4.72. The van der Waals surface area contributed by atoms with Crippen LogP contribution in [0.25, 0.3) is 0 Å². The number of nitrogens with two attached hydrogens (primary N) is 1. The Bertz CT molecular complexity index is 134. The van der Waals surface area contributed by atoms with Crippen LogP contribution in [0.4, 0.5) is 0 Å². The Balaban J connectivity index is 2.11. The molecule has 2 nitrogen and oxygen atoms in total. The second-order valence-corrected chi connectivity index (χ2v) is 3.87. The maximum absolute atomic E-state index is 9.86. The third kappa shape index (κ3) is 0.523. The van der Waals surface area contributed by atoms with Crippen LogP contribution in [0.5, 0.6) is 0 Å². The van der Waals surface area contributed by atoms with Crippen molar-refractivity contribution >= 4 is 0 Å². The second-order valence-electron chi connectivity index (χ2n) is 3.87. The van der Waals surface area contributed by atoms with Crippen molar-refractivity contribution in [2.24, 2.45) is 11.1 Å². The summed E-state index contributed by atoms with van der Waals surface area (Å²) in [4.78, 5) is 0. The minimum absolute atomic E-state index is 0.280. The Morgan fingerprint density at radius 1 is 1.20 bits per heavy atom. The van der Waals surface area contributed by atoms with Crippen molar-refractivity contribution in [1.82, 2.24) is 0 Å². The summed E-state index contributed by atoms with van der Waals surface area (Å²) in [5, 5.41) is 9.86. The summed E-state index contributed by atoms with van der Waals surface area (Å²) < 4.78 is 0. The highest BCUT2D eigenvalue weighted by Crippen LogP contribution is 2.61. The van der Waals surface area contributed by atoms with Gasteiger partial charge >= 0.3 is 0 Å². The van der Waals surface area contributed by atoms with Gasteiger partial charge in [0, 0.05) is 12.0 Å². The van der Waals surface area contributed by atoms with E-state index in [4.69, 9.17) is 5.73 Å². The maximum atomic E-state index is 9.86. The molecule has 3 N–H and O–H groups in total. The standard InChI is InChI=1S/C8H15NO/c9-6-8(10)5-4-7(8)2-1-3-7/h10H,1-6,9H2. The largest absolute Gasteiger partial charge is 0.388 e. The van der Waals surface area contributed by atoms with Gasteiger partial charge in [-0.25, -0.2) is 0 Å². The van der Waals surface area contributed by atoms with E-state index in [-0.39, 0.29) is 5.41 Å². The van der Waals surface area contributed by atoms with Gasteiger partial charge in [0.1, 0.15) is 0 Å². The van der Waals surface area contributed by atoms with Crippen LogP contribution in [0.3, 0.4) is 0 Å². The Morgan fingerprint density at radius 3 is 2.00 bits per heavy atom. The molecule has 2 aliphatic rings. The summed E-state index contributed by atoms with van der Waals surface area (Å²) in [5.41, 5.74) is 5.32. The molecule has 0 radical (unpaired) electrons. The molecule has 1 atom stereocenters. The third-order valence-corrected chi connectivity index (χ3v) is 3.65. The van der Waals surface area contributed by atoms with Crippen molar-refractivity contribution in [3.05, 3.63) is 0 Å². The van der Waals surface area contributed by atoms with E-state index < -0.39 is 5.60 Å². The number of hydrogen-bond donors (Lipinski definition) is 2. The predicted molar refractivity (Wildman–Crippen MR) is 39.5 cm³/mol. The molecule has 10 heavy (non-hydrogen) atoms. The number of aliphatic hydroxyl groups is 1. The average molecular weight is 141 g/mol. The average Bonchev–Trinajstić information content (AvgIpc) is 1.81. The SMILES string of the molecule is NCC1(O)CCC12CCC2. The first kappa shape index (κ1) is 6.62. The molecule has 0 aromatic rings. The Kier molecular flexibility index (Phi) is 1.15. The molecule has 0 aromatic heterocycles. The zero-order chi connectivity index (χ0) is 7.24. The molecular formula is C8H15NO. The van der Waals surface area contributed by atoms with Gasteiger partial charge in [0.2, 0.25) is 0 Å². The van der Waals surface area contributed by atoms with Crippen LogP contribution in [-0.4, -0.2) is 17.3 Å². The van der Waals surface area contributed by atoms with E-state index in [1.807, 2.05) is 0 Å². The Hall–Kier alpha value is -0.0800. The fraction of sp³-hybridized carbons (Fsp3) is 1.00. The fourth-order valence-electron chi connectivity index (χ4n) is 2.40. The maximum Gasteiger partial charge on any atom is 0.0825 e. The van der Waals surface area contributed by atoms with E-state index in [9.17, 15) is 5.11 Å². The van der Waals surface area contributed by atoms with Crippen molar-refractivity contribution in [2.45, 2.75) is 37.7 Å². The molecule has 0 aliphatic heterocycles. The molecule has 2 rings (SSSR count). The highest BCUT2D eigenvalue weighted by atomic mass is 16.3. The van der Waals surface area contributed by atoms with Gasteiger partial charge in [0.25, 0.3) is 0 Å². The molecule has 2 aliphatic carbocycles. The second kappa shape index (κ2) is 1.74. The Morgan fingerprint density at radius 2 is 1.90 bits per heavy atom. The summed E-state index contributed by atoms with van der Waals surface area (Å²) in [5.74, 6) is 0. The molecule has 58 valence electrons. The zero-order valence-electron chi connectivity index (χ0n) is 6.27. The van der Waals surface area contributed by atoms with Crippen LogP contribution in [0, 0.1) is 5.41 Å². The van der Waals surface area contributed by atoms with E-state index in [0.717, 1.165) is 6.42 Å². The molecule has 0 heterocycles. The van der Waals surface area contributed by atoms with E-state index in [0.29, 0.717) is 6.54 Å². The van der Waals surface area contributed by atoms with E-state index >= 15 is 0 Å². The molecule has 2 fully saturated rings. The summed E-state index contributed by atoms with van der Waals surface area (Å²) in [6.45, 7) is 0.465. The minimum atomic E-state index is -0.467. The zero-order valence-corrected chi connectivity index (χ0v) is 6.27. The topological polar surface area (TPSA) is 46.2 Å². The smallest absolute Gasteiger partial charge is 0.0825 e. The fourth-order valence-corrected chi connectivity index (χ4v) is 2.40. The van der Waals surface area contributed by atoms with Crippen LogP contribution >= 0.6 is 0 Å². The summed E-state index contributed by atoms with van der Waals surface area (Å²) >= 11 is 0. The molecule has 1 spiro atoms. The lowest BCUT2D eigenvalue weighted by molar-refractivity contribution is -0.198. The molecule has 0 bridgehead atoms. The van der Waals surface area contributed by atoms with Gasteiger partial charge < -0.3 is 10.8 Å². The van der Waals surface area contributed by atoms with E-state index in [1.54, 1.807) is 0 Å². The van der Waals surface area contributed by atoms with Gasteiger partial charge in [0.15, 0.2) is 0 Å². The van der Waals surface area contributed by atoms with Gasteiger partial charge in [0.05, 0.1) is 5.60 Å². The molecule has 0 amide bonds. The molecule has 0 saturated heterocycles. The van der Waals surface area contributed by atoms with Crippen molar-refractivity contribution < 1.29 is 5.11 Å². The van der Waals surface area contributed by atoms with Crippen LogP contribution in [0.15, 0.2) is 0 Å². The van der Waals surface area contributed by atoms with Gasteiger partial charge in [-0.05, 0) is 25.7 Å². The van der Waals surface area contributed by atoms with Crippen molar-refractivity contribution in [2.75, 3.05) is 6.54 Å². The highest BCUT2D eigenvalue weighted by Gasteiger charge is 2.59. The number of hydrogen-bond acceptors (Lipinski definition) is 2. The summed E-state index contributed by atoms with van der Waals surface area (Å²) in [6.07, 6.45) is 5.86. The van der Waals surface area contributed by atoms with Gasteiger partial charge in [-0.3, -0.25) is 0 Å². The van der Waals surface area contributed by atoms with Crippen molar-refractivity contribution in [3.8, 4) is 0 Å². The van der Waals surface area contributed by atoms with Crippen molar-refractivity contribution in [3.63, 3.8) is 0 Å². The lowest BCUT2D eigenvalue weighted by Crippen LogP contribution is -2.64. The number of rotatable bonds is 1.